The molecule has 0 aromatic heterocycles. The lowest BCUT2D eigenvalue weighted by Crippen LogP contribution is -2.52. The van der Waals surface area contributed by atoms with Gasteiger partial charge in [-0.2, -0.15) is 4.31 Å². The van der Waals surface area contributed by atoms with Crippen LogP contribution < -0.4 is 0 Å². The molecule has 2 rings (SSSR count). The molecule has 0 aromatic carbocycles. The van der Waals surface area contributed by atoms with Crippen LogP contribution in [0.3, 0.4) is 0 Å². The van der Waals surface area contributed by atoms with Gasteiger partial charge < -0.3 is 4.90 Å². The van der Waals surface area contributed by atoms with E-state index in [9.17, 15) is 21.6 Å². The zero-order valence-electron chi connectivity index (χ0n) is 13.6. The number of carbonyl (C=O) groups is 1. The largest absolute Gasteiger partial charge is 0.342 e. The Hall–Kier alpha value is -0.320. The van der Waals surface area contributed by atoms with Gasteiger partial charge in [-0.1, -0.05) is 0 Å². The molecule has 0 N–H and O–H groups in total. The second-order valence-corrected chi connectivity index (χ2v) is 11.8. The molecule has 2 saturated heterocycles. The molecule has 0 spiro atoms. The number of thioether (sulfide) groups is 1. The molecule has 2 heterocycles. The number of hydrogen-bond donors (Lipinski definition) is 0. The van der Waals surface area contributed by atoms with Crippen molar-refractivity contribution >= 4 is 37.5 Å². The second kappa shape index (κ2) is 6.89. The highest BCUT2D eigenvalue weighted by atomic mass is 32.2. The number of rotatable bonds is 4. The quantitative estimate of drug-likeness (QED) is 0.684. The van der Waals surface area contributed by atoms with E-state index < -0.39 is 31.2 Å². The van der Waals surface area contributed by atoms with Gasteiger partial charge in [0.1, 0.15) is 15.9 Å². The summed E-state index contributed by atoms with van der Waals surface area (Å²) >= 11 is 1.42. The Morgan fingerprint density at radius 2 is 1.83 bits per heavy atom. The molecule has 10 heteroatoms. The lowest BCUT2D eigenvalue weighted by molar-refractivity contribution is -0.134. The van der Waals surface area contributed by atoms with E-state index in [-0.39, 0.29) is 42.2 Å². The zero-order valence-corrected chi connectivity index (χ0v) is 16.1. The molecule has 0 radical (unpaired) electrons. The predicted octanol–water partition coefficient (Wildman–Crippen LogP) is 0.135. The maximum absolute atomic E-state index is 12.9. The second-order valence-electron chi connectivity index (χ2n) is 6.34. The van der Waals surface area contributed by atoms with E-state index >= 15 is 0 Å². The Bertz CT molecular complexity index is 645. The van der Waals surface area contributed by atoms with Crippen LogP contribution in [0.15, 0.2) is 0 Å². The first-order chi connectivity index (χ1) is 10.6. The monoisotopic (exact) mass is 384 g/mol. The first kappa shape index (κ1) is 19.0. The minimum absolute atomic E-state index is 0.00234. The van der Waals surface area contributed by atoms with Crippen molar-refractivity contribution in [3.63, 3.8) is 0 Å². The lowest BCUT2D eigenvalue weighted by atomic mass is 10.2. The molecule has 1 unspecified atom stereocenters. The van der Waals surface area contributed by atoms with Crippen molar-refractivity contribution < 1.29 is 21.6 Å². The van der Waals surface area contributed by atoms with E-state index in [4.69, 9.17) is 0 Å². The van der Waals surface area contributed by atoms with Crippen molar-refractivity contribution in [3.8, 4) is 0 Å². The van der Waals surface area contributed by atoms with E-state index in [1.54, 1.807) is 11.9 Å². The standard InChI is InChI=1S/C13H24N2O5S3/c1-10(2)14(3)13(16)12-8-21-9-15(12)23(19,20)11-4-6-22(17,18)7-5-11/h10-12H,4-9H2,1-3H3. The van der Waals surface area contributed by atoms with Crippen LogP contribution in [0.1, 0.15) is 26.7 Å². The number of nitrogens with zero attached hydrogens (tertiary/aromatic N) is 2. The molecule has 0 aliphatic carbocycles. The van der Waals surface area contributed by atoms with Crippen molar-refractivity contribution in [1.82, 2.24) is 9.21 Å². The fourth-order valence-corrected chi connectivity index (χ4v) is 8.16. The molecule has 2 aliphatic heterocycles. The summed E-state index contributed by atoms with van der Waals surface area (Å²) in [5.41, 5.74) is 0. The summed E-state index contributed by atoms with van der Waals surface area (Å²) in [5.74, 6) is 0.316. The van der Waals surface area contributed by atoms with E-state index in [0.29, 0.717) is 5.75 Å². The molecule has 0 bridgehead atoms. The van der Waals surface area contributed by atoms with E-state index in [2.05, 4.69) is 0 Å². The molecule has 2 aliphatic rings. The molecular weight excluding hydrogens is 360 g/mol. The van der Waals surface area contributed by atoms with Crippen molar-refractivity contribution in [2.24, 2.45) is 0 Å². The van der Waals surface area contributed by atoms with Crippen molar-refractivity contribution in [3.05, 3.63) is 0 Å². The fourth-order valence-electron chi connectivity index (χ4n) is 2.72. The van der Waals surface area contributed by atoms with Crippen LogP contribution in [0, 0.1) is 0 Å². The summed E-state index contributed by atoms with van der Waals surface area (Å²) in [5, 5.41) is -0.704. The van der Waals surface area contributed by atoms with Crippen molar-refractivity contribution in [2.45, 2.75) is 44.0 Å². The maximum Gasteiger partial charge on any atom is 0.241 e. The highest BCUT2D eigenvalue weighted by Crippen LogP contribution is 2.31. The van der Waals surface area contributed by atoms with Crippen LogP contribution >= 0.6 is 11.8 Å². The number of sulfonamides is 1. The average Bonchev–Trinajstić information content (AvgIpc) is 2.95. The van der Waals surface area contributed by atoms with Crippen LogP contribution in [-0.4, -0.2) is 79.5 Å². The smallest absolute Gasteiger partial charge is 0.241 e. The van der Waals surface area contributed by atoms with E-state index in [1.807, 2.05) is 13.8 Å². The normalized spacial score (nSPS) is 26.5. The van der Waals surface area contributed by atoms with Gasteiger partial charge >= 0.3 is 0 Å². The minimum atomic E-state index is -3.66. The predicted molar refractivity (Wildman–Crippen MR) is 91.5 cm³/mol. The molecule has 2 fully saturated rings. The third-order valence-corrected chi connectivity index (χ3v) is 9.74. The molecule has 134 valence electrons. The first-order valence-electron chi connectivity index (χ1n) is 7.62. The Kier molecular flexibility index (Phi) is 5.70. The van der Waals surface area contributed by atoms with E-state index in [1.165, 1.54) is 16.1 Å². The van der Waals surface area contributed by atoms with Gasteiger partial charge in [-0.3, -0.25) is 4.79 Å². The van der Waals surface area contributed by atoms with Gasteiger partial charge in [0.25, 0.3) is 0 Å². The Morgan fingerprint density at radius 1 is 1.26 bits per heavy atom. The summed E-state index contributed by atoms with van der Waals surface area (Å²) in [6, 6.07) is -0.687. The van der Waals surface area contributed by atoms with Gasteiger partial charge in [0, 0.05) is 18.8 Å². The summed E-state index contributed by atoms with van der Waals surface area (Å²) in [6.45, 7) is 3.76. The van der Waals surface area contributed by atoms with Gasteiger partial charge in [0.05, 0.1) is 22.6 Å². The third kappa shape index (κ3) is 4.02. The molecule has 7 nitrogen and oxygen atoms in total. The molecule has 23 heavy (non-hydrogen) atoms. The topological polar surface area (TPSA) is 91.8 Å². The van der Waals surface area contributed by atoms with Crippen LogP contribution in [0.25, 0.3) is 0 Å². The Morgan fingerprint density at radius 3 is 2.35 bits per heavy atom. The summed E-state index contributed by atoms with van der Waals surface area (Å²) in [7, 11) is -5.11. The van der Waals surface area contributed by atoms with Crippen LogP contribution in [0.2, 0.25) is 0 Å². The van der Waals surface area contributed by atoms with Crippen LogP contribution in [0.5, 0.6) is 0 Å². The number of likely N-dealkylation sites (N-methyl/N-ethyl adjacent to an activating group) is 1. The zero-order chi connectivity index (χ0) is 17.4. The molecule has 0 aromatic rings. The molecule has 0 saturated carbocycles. The van der Waals surface area contributed by atoms with Crippen molar-refractivity contribution in [1.29, 1.82) is 0 Å². The third-order valence-electron chi connectivity index (χ3n) is 4.50. The summed E-state index contributed by atoms with van der Waals surface area (Å²) < 4.78 is 50.0. The highest BCUT2D eigenvalue weighted by molar-refractivity contribution is 8.00. The molecule has 1 amide bonds. The number of amides is 1. The van der Waals surface area contributed by atoms with Gasteiger partial charge in [0.2, 0.25) is 15.9 Å². The fraction of sp³-hybridized carbons (Fsp3) is 0.923. The van der Waals surface area contributed by atoms with Gasteiger partial charge in [-0.05, 0) is 26.7 Å². The SMILES string of the molecule is CC(C)N(C)C(=O)C1CSCN1S(=O)(=O)C1CCS(=O)(=O)CC1. The molecular formula is C13H24N2O5S3. The average molecular weight is 385 g/mol. The van der Waals surface area contributed by atoms with E-state index in [0.717, 1.165) is 0 Å². The Labute approximate surface area is 142 Å². The number of hydrogen-bond acceptors (Lipinski definition) is 6. The van der Waals surface area contributed by atoms with Gasteiger partial charge in [-0.15, -0.1) is 11.8 Å². The minimum Gasteiger partial charge on any atom is -0.342 e. The Balaban J connectivity index is 2.17. The number of carbonyl (C=O) groups excluding carboxylic acids is 1. The summed E-state index contributed by atoms with van der Waals surface area (Å²) in [4.78, 5) is 14.1. The lowest BCUT2D eigenvalue weighted by Gasteiger charge is -2.32. The van der Waals surface area contributed by atoms with Gasteiger partial charge in [0.15, 0.2) is 0 Å². The van der Waals surface area contributed by atoms with Crippen LogP contribution in [-0.2, 0) is 24.7 Å². The maximum atomic E-state index is 12.9. The molecule has 1 atom stereocenters. The van der Waals surface area contributed by atoms with Gasteiger partial charge in [-0.25, -0.2) is 16.8 Å². The highest BCUT2D eigenvalue weighted by Gasteiger charge is 2.45. The summed E-state index contributed by atoms with van der Waals surface area (Å²) in [6.07, 6.45) is 0.236. The first-order valence-corrected chi connectivity index (χ1v) is 12.1. The number of sulfone groups is 1. The van der Waals surface area contributed by atoms with Crippen LogP contribution in [0.4, 0.5) is 0 Å². The van der Waals surface area contributed by atoms with Crippen molar-refractivity contribution in [2.75, 3.05) is 30.2 Å².